The van der Waals surface area contributed by atoms with Crippen LogP contribution in [0.2, 0.25) is 0 Å². The fraction of sp³-hybridized carbons (Fsp3) is 0.300. The third-order valence-corrected chi connectivity index (χ3v) is 4.48. The molecule has 0 aromatic heterocycles. The van der Waals surface area contributed by atoms with Gasteiger partial charge in [-0.15, -0.1) is 0 Å². The molecule has 2 aromatic rings. The minimum atomic E-state index is -0.556. The fourth-order valence-electron chi connectivity index (χ4n) is 3.04. The van der Waals surface area contributed by atoms with Gasteiger partial charge in [0, 0.05) is 32.7 Å². The van der Waals surface area contributed by atoms with Crippen molar-refractivity contribution in [2.75, 3.05) is 38.2 Å². The molecule has 3 rings (SSSR count). The predicted octanol–water partition coefficient (Wildman–Crippen LogP) is 1.66. The number of anilines is 1. The zero-order valence-electron chi connectivity index (χ0n) is 14.9. The van der Waals surface area contributed by atoms with Gasteiger partial charge in [0.25, 0.3) is 0 Å². The van der Waals surface area contributed by atoms with Crippen LogP contribution >= 0.6 is 0 Å². The number of amides is 2. The van der Waals surface area contributed by atoms with Gasteiger partial charge in [-0.3, -0.25) is 9.59 Å². The Morgan fingerprint density at radius 1 is 0.962 bits per heavy atom. The summed E-state index contributed by atoms with van der Waals surface area (Å²) >= 11 is 0. The van der Waals surface area contributed by atoms with Crippen molar-refractivity contribution in [1.82, 2.24) is 10.2 Å². The molecule has 6 nitrogen and oxygen atoms in total. The van der Waals surface area contributed by atoms with E-state index in [0.717, 1.165) is 17.0 Å². The van der Waals surface area contributed by atoms with E-state index >= 15 is 0 Å². The maximum absolute atomic E-state index is 12.4. The van der Waals surface area contributed by atoms with Crippen molar-refractivity contribution in [2.24, 2.45) is 0 Å². The Morgan fingerprint density at radius 2 is 1.62 bits per heavy atom. The molecule has 1 aliphatic heterocycles. The van der Waals surface area contributed by atoms with E-state index in [1.54, 1.807) is 12.0 Å². The molecule has 0 atom stereocenters. The van der Waals surface area contributed by atoms with Gasteiger partial charge in [-0.1, -0.05) is 42.5 Å². The summed E-state index contributed by atoms with van der Waals surface area (Å²) in [4.78, 5) is 28.3. The summed E-state index contributed by atoms with van der Waals surface area (Å²) in [6, 6.07) is 17.4. The van der Waals surface area contributed by atoms with Crippen molar-refractivity contribution in [3.63, 3.8) is 0 Å². The van der Waals surface area contributed by atoms with Gasteiger partial charge in [-0.25, -0.2) is 0 Å². The smallest absolute Gasteiger partial charge is 0.312 e. The number of nitrogens with one attached hydrogen (secondary N) is 1. The van der Waals surface area contributed by atoms with Gasteiger partial charge in [0.15, 0.2) is 0 Å². The molecular formula is C20H23N3O3. The molecule has 0 saturated carbocycles. The molecule has 6 heteroatoms. The molecule has 1 N–H and O–H groups in total. The van der Waals surface area contributed by atoms with E-state index in [4.69, 9.17) is 4.74 Å². The lowest BCUT2D eigenvalue weighted by molar-refractivity contribution is -0.146. The first-order chi connectivity index (χ1) is 12.7. The van der Waals surface area contributed by atoms with Crippen molar-refractivity contribution in [3.05, 3.63) is 60.2 Å². The van der Waals surface area contributed by atoms with Gasteiger partial charge in [0.05, 0.1) is 12.8 Å². The minimum Gasteiger partial charge on any atom is -0.495 e. The van der Waals surface area contributed by atoms with E-state index in [2.05, 4.69) is 10.2 Å². The Morgan fingerprint density at radius 3 is 2.31 bits per heavy atom. The van der Waals surface area contributed by atoms with Crippen LogP contribution in [0.3, 0.4) is 0 Å². The lowest BCUT2D eigenvalue weighted by atomic mass is 10.2. The topological polar surface area (TPSA) is 61.9 Å². The summed E-state index contributed by atoms with van der Waals surface area (Å²) in [7, 11) is 1.65. The van der Waals surface area contributed by atoms with E-state index < -0.39 is 11.8 Å². The Kier molecular flexibility index (Phi) is 5.73. The molecule has 136 valence electrons. The fourth-order valence-corrected chi connectivity index (χ4v) is 3.04. The maximum Gasteiger partial charge on any atom is 0.312 e. The van der Waals surface area contributed by atoms with E-state index in [-0.39, 0.29) is 0 Å². The zero-order valence-corrected chi connectivity index (χ0v) is 14.9. The van der Waals surface area contributed by atoms with Gasteiger partial charge >= 0.3 is 11.8 Å². The number of carbonyl (C=O) groups is 2. The summed E-state index contributed by atoms with van der Waals surface area (Å²) in [5, 5.41) is 2.69. The number of rotatable bonds is 4. The first-order valence-electron chi connectivity index (χ1n) is 8.68. The van der Waals surface area contributed by atoms with Crippen LogP contribution in [0, 0.1) is 0 Å². The van der Waals surface area contributed by atoms with Gasteiger partial charge in [0.1, 0.15) is 5.75 Å². The zero-order chi connectivity index (χ0) is 18.4. The standard InChI is InChI=1S/C20H23N3O3/c1-26-18-10-6-5-9-17(18)22-11-13-23(14-12-22)20(25)19(24)21-15-16-7-3-2-4-8-16/h2-10H,11-15H2,1H3,(H,21,24). The molecule has 0 bridgehead atoms. The normalized spacial score (nSPS) is 14.0. The lowest BCUT2D eigenvalue weighted by Crippen LogP contribution is -2.52. The lowest BCUT2D eigenvalue weighted by Gasteiger charge is -2.36. The molecule has 26 heavy (non-hydrogen) atoms. The van der Waals surface area contributed by atoms with E-state index in [9.17, 15) is 9.59 Å². The molecular weight excluding hydrogens is 330 g/mol. The second-order valence-corrected chi connectivity index (χ2v) is 6.12. The van der Waals surface area contributed by atoms with Crippen LogP contribution in [0.25, 0.3) is 0 Å². The van der Waals surface area contributed by atoms with Crippen molar-refractivity contribution in [2.45, 2.75) is 6.54 Å². The molecule has 2 amide bonds. The third kappa shape index (κ3) is 4.14. The van der Waals surface area contributed by atoms with Crippen molar-refractivity contribution < 1.29 is 14.3 Å². The number of methoxy groups -OCH3 is 1. The Hall–Kier alpha value is -3.02. The highest BCUT2D eigenvalue weighted by molar-refractivity contribution is 6.35. The van der Waals surface area contributed by atoms with Gasteiger partial charge in [0.2, 0.25) is 0 Å². The number of carbonyl (C=O) groups excluding carboxylic acids is 2. The van der Waals surface area contributed by atoms with Crippen LogP contribution in [-0.2, 0) is 16.1 Å². The van der Waals surface area contributed by atoms with Crippen LogP contribution in [0.15, 0.2) is 54.6 Å². The molecule has 0 aliphatic carbocycles. The van der Waals surface area contributed by atoms with Crippen molar-refractivity contribution >= 4 is 17.5 Å². The first-order valence-corrected chi connectivity index (χ1v) is 8.68. The number of benzene rings is 2. The quantitative estimate of drug-likeness (QED) is 0.850. The highest BCUT2D eigenvalue weighted by Gasteiger charge is 2.26. The summed E-state index contributed by atoms with van der Waals surface area (Å²) in [5.74, 6) is -0.215. The van der Waals surface area contributed by atoms with Gasteiger partial charge in [-0.05, 0) is 17.7 Å². The third-order valence-electron chi connectivity index (χ3n) is 4.48. The molecule has 2 aromatic carbocycles. The minimum absolute atomic E-state index is 0.354. The number of para-hydroxylation sites is 2. The van der Waals surface area contributed by atoms with Crippen LogP contribution < -0.4 is 15.0 Å². The van der Waals surface area contributed by atoms with Crippen LogP contribution in [0.4, 0.5) is 5.69 Å². The number of nitrogens with zero attached hydrogens (tertiary/aromatic N) is 2. The second kappa shape index (κ2) is 8.38. The molecule has 1 aliphatic rings. The Labute approximate surface area is 153 Å². The highest BCUT2D eigenvalue weighted by atomic mass is 16.5. The van der Waals surface area contributed by atoms with E-state index in [1.165, 1.54) is 0 Å². The predicted molar refractivity (Wildman–Crippen MR) is 100 cm³/mol. The highest BCUT2D eigenvalue weighted by Crippen LogP contribution is 2.28. The van der Waals surface area contributed by atoms with Crippen molar-refractivity contribution in [3.8, 4) is 5.75 Å². The van der Waals surface area contributed by atoms with Gasteiger partial charge in [-0.2, -0.15) is 0 Å². The molecule has 1 heterocycles. The Balaban J connectivity index is 1.52. The van der Waals surface area contributed by atoms with E-state index in [0.29, 0.717) is 32.7 Å². The van der Waals surface area contributed by atoms with E-state index in [1.807, 2.05) is 54.6 Å². The molecule has 0 spiro atoms. The van der Waals surface area contributed by atoms with Crippen LogP contribution in [-0.4, -0.2) is 50.0 Å². The molecule has 0 radical (unpaired) electrons. The van der Waals surface area contributed by atoms with Crippen LogP contribution in [0.5, 0.6) is 5.75 Å². The maximum atomic E-state index is 12.4. The second-order valence-electron chi connectivity index (χ2n) is 6.12. The molecule has 0 unspecified atom stereocenters. The molecule has 1 saturated heterocycles. The van der Waals surface area contributed by atoms with Crippen LogP contribution in [0.1, 0.15) is 5.56 Å². The van der Waals surface area contributed by atoms with Crippen molar-refractivity contribution in [1.29, 1.82) is 0 Å². The number of ether oxygens (including phenoxy) is 1. The Bertz CT molecular complexity index is 756. The SMILES string of the molecule is COc1ccccc1N1CCN(C(=O)C(=O)NCc2ccccc2)CC1. The van der Waals surface area contributed by atoms with Gasteiger partial charge < -0.3 is 19.9 Å². The summed E-state index contributed by atoms with van der Waals surface area (Å²) < 4.78 is 5.40. The first kappa shape index (κ1) is 17.8. The largest absolute Gasteiger partial charge is 0.495 e. The molecule has 1 fully saturated rings. The monoisotopic (exact) mass is 353 g/mol. The average molecular weight is 353 g/mol. The number of hydrogen-bond donors (Lipinski definition) is 1. The summed E-state index contributed by atoms with van der Waals surface area (Å²) in [6.07, 6.45) is 0. The summed E-state index contributed by atoms with van der Waals surface area (Å²) in [5.41, 5.74) is 1.98. The number of piperazine rings is 1. The average Bonchev–Trinajstić information content (AvgIpc) is 2.72. The number of hydrogen-bond acceptors (Lipinski definition) is 4. The summed E-state index contributed by atoms with van der Waals surface area (Å²) in [6.45, 7) is 2.70.